The van der Waals surface area contributed by atoms with Gasteiger partial charge < -0.3 is 10.1 Å². The van der Waals surface area contributed by atoms with Crippen LogP contribution in [0.2, 0.25) is 0 Å². The van der Waals surface area contributed by atoms with Crippen LogP contribution >= 0.6 is 27.3 Å². The van der Waals surface area contributed by atoms with Crippen molar-refractivity contribution in [3.05, 3.63) is 54.4 Å². The van der Waals surface area contributed by atoms with Gasteiger partial charge in [0.15, 0.2) is 0 Å². The molecule has 1 aromatic heterocycles. The van der Waals surface area contributed by atoms with Gasteiger partial charge in [-0.15, -0.1) is 11.3 Å². The van der Waals surface area contributed by atoms with Gasteiger partial charge in [0.1, 0.15) is 5.00 Å². The van der Waals surface area contributed by atoms with Crippen molar-refractivity contribution in [3.63, 3.8) is 0 Å². The van der Waals surface area contributed by atoms with Gasteiger partial charge in [0, 0.05) is 16.5 Å². The first-order valence-corrected chi connectivity index (χ1v) is 8.30. The van der Waals surface area contributed by atoms with E-state index in [0.29, 0.717) is 10.6 Å². The molecule has 1 N–H and O–H groups in total. The fourth-order valence-corrected chi connectivity index (χ4v) is 3.47. The molecule has 126 valence electrons. The number of hydrogen-bond acceptors (Lipinski definition) is 6. The Morgan fingerprint density at radius 3 is 2.58 bits per heavy atom. The molecule has 1 aromatic carbocycles. The molecule has 0 aliphatic heterocycles. The van der Waals surface area contributed by atoms with E-state index in [9.17, 15) is 19.7 Å². The van der Waals surface area contributed by atoms with E-state index in [2.05, 4.69) is 21.2 Å². The van der Waals surface area contributed by atoms with Gasteiger partial charge in [-0.05, 0) is 47.5 Å². The lowest BCUT2D eigenvalue weighted by atomic mass is 10.1. The SMILES string of the molecule is COC(=O)c1c(NC(=O)c2ccc(Br)c([N+](=O)[O-])c2)sc(C)c1C. The van der Waals surface area contributed by atoms with Crippen LogP contribution in [0.15, 0.2) is 22.7 Å². The number of aryl methyl sites for hydroxylation is 1. The number of nitrogens with zero attached hydrogens (tertiary/aromatic N) is 1. The van der Waals surface area contributed by atoms with Crippen LogP contribution in [0.4, 0.5) is 10.7 Å². The van der Waals surface area contributed by atoms with Crippen molar-refractivity contribution in [2.45, 2.75) is 13.8 Å². The Hall–Kier alpha value is -2.26. The van der Waals surface area contributed by atoms with E-state index in [1.54, 1.807) is 6.92 Å². The van der Waals surface area contributed by atoms with Crippen LogP contribution in [-0.2, 0) is 4.74 Å². The van der Waals surface area contributed by atoms with Gasteiger partial charge in [0.05, 0.1) is 22.1 Å². The molecule has 0 atom stereocenters. The van der Waals surface area contributed by atoms with Crippen LogP contribution in [0.1, 0.15) is 31.2 Å². The fraction of sp³-hybridized carbons (Fsp3) is 0.200. The number of methoxy groups -OCH3 is 1. The van der Waals surface area contributed by atoms with E-state index in [0.717, 1.165) is 10.4 Å². The number of halogens is 1. The van der Waals surface area contributed by atoms with Crippen molar-refractivity contribution in [2.75, 3.05) is 12.4 Å². The highest BCUT2D eigenvalue weighted by atomic mass is 79.9. The number of amides is 1. The second kappa shape index (κ2) is 7.10. The van der Waals surface area contributed by atoms with E-state index < -0.39 is 16.8 Å². The van der Waals surface area contributed by atoms with E-state index in [-0.39, 0.29) is 15.7 Å². The summed E-state index contributed by atoms with van der Waals surface area (Å²) in [4.78, 5) is 35.6. The fourth-order valence-electron chi connectivity index (χ4n) is 2.03. The number of esters is 1. The highest BCUT2D eigenvalue weighted by molar-refractivity contribution is 9.10. The summed E-state index contributed by atoms with van der Waals surface area (Å²) in [6.45, 7) is 3.59. The van der Waals surface area contributed by atoms with Crippen LogP contribution in [-0.4, -0.2) is 23.9 Å². The molecule has 24 heavy (non-hydrogen) atoms. The molecule has 0 aliphatic rings. The van der Waals surface area contributed by atoms with Crippen molar-refractivity contribution in [1.29, 1.82) is 0 Å². The molecule has 7 nitrogen and oxygen atoms in total. The minimum absolute atomic E-state index is 0.115. The molecule has 0 bridgehead atoms. The standard InChI is InChI=1S/C15H13BrN2O5S/c1-7-8(2)24-14(12(7)15(20)23-3)17-13(19)9-4-5-10(16)11(6-9)18(21)22/h4-6H,1-3H3,(H,17,19). The topological polar surface area (TPSA) is 98.5 Å². The van der Waals surface area contributed by atoms with Crippen LogP contribution in [0.5, 0.6) is 0 Å². The summed E-state index contributed by atoms with van der Waals surface area (Å²) in [7, 11) is 1.26. The largest absolute Gasteiger partial charge is 0.465 e. The summed E-state index contributed by atoms with van der Waals surface area (Å²) in [6, 6.07) is 4.06. The van der Waals surface area contributed by atoms with Crippen molar-refractivity contribution < 1.29 is 19.2 Å². The summed E-state index contributed by atoms with van der Waals surface area (Å²) in [5, 5.41) is 14.0. The van der Waals surface area contributed by atoms with E-state index >= 15 is 0 Å². The zero-order chi connectivity index (χ0) is 18.0. The van der Waals surface area contributed by atoms with Gasteiger partial charge in [-0.3, -0.25) is 14.9 Å². The molecular weight excluding hydrogens is 400 g/mol. The molecule has 0 saturated carbocycles. The Kier molecular flexibility index (Phi) is 5.35. The van der Waals surface area contributed by atoms with Crippen LogP contribution in [0, 0.1) is 24.0 Å². The second-order valence-electron chi connectivity index (χ2n) is 4.86. The highest BCUT2D eigenvalue weighted by Gasteiger charge is 2.23. The number of anilines is 1. The molecule has 2 aromatic rings. The lowest BCUT2D eigenvalue weighted by molar-refractivity contribution is -0.385. The Morgan fingerprint density at radius 2 is 2.00 bits per heavy atom. The third kappa shape index (κ3) is 3.46. The molecule has 0 radical (unpaired) electrons. The average Bonchev–Trinajstić information content (AvgIpc) is 2.81. The third-order valence-corrected chi connectivity index (χ3v) is 5.20. The van der Waals surface area contributed by atoms with Crippen LogP contribution < -0.4 is 5.32 Å². The Bertz CT molecular complexity index is 847. The monoisotopic (exact) mass is 412 g/mol. The predicted molar refractivity (Wildman–Crippen MR) is 93.9 cm³/mol. The zero-order valence-electron chi connectivity index (χ0n) is 13.0. The summed E-state index contributed by atoms with van der Waals surface area (Å²) in [5.41, 5.74) is 0.919. The number of ether oxygens (including phenoxy) is 1. The van der Waals surface area contributed by atoms with Crippen LogP contribution in [0.3, 0.4) is 0 Å². The minimum atomic E-state index is -0.583. The molecule has 0 aliphatic carbocycles. The summed E-state index contributed by atoms with van der Waals surface area (Å²) in [5.74, 6) is -1.09. The maximum atomic E-state index is 12.4. The second-order valence-corrected chi connectivity index (χ2v) is 6.94. The molecule has 2 rings (SSSR count). The normalized spacial score (nSPS) is 10.3. The van der Waals surface area contributed by atoms with Gasteiger partial charge in [0.25, 0.3) is 11.6 Å². The number of thiophene rings is 1. The molecule has 9 heteroatoms. The number of hydrogen-bond donors (Lipinski definition) is 1. The van der Waals surface area contributed by atoms with E-state index in [4.69, 9.17) is 4.74 Å². The molecule has 1 heterocycles. The molecule has 0 saturated heterocycles. The van der Waals surface area contributed by atoms with Gasteiger partial charge in [0.2, 0.25) is 0 Å². The molecule has 0 unspecified atom stereocenters. The summed E-state index contributed by atoms with van der Waals surface area (Å²) >= 11 is 4.31. The number of nitro benzene ring substituents is 1. The Morgan fingerprint density at radius 1 is 1.33 bits per heavy atom. The zero-order valence-corrected chi connectivity index (χ0v) is 15.4. The van der Waals surface area contributed by atoms with Gasteiger partial charge in [-0.1, -0.05) is 0 Å². The quantitative estimate of drug-likeness (QED) is 0.463. The van der Waals surface area contributed by atoms with Crippen molar-refractivity contribution in [1.82, 2.24) is 0 Å². The molecule has 0 fully saturated rings. The predicted octanol–water partition coefficient (Wildman–Crippen LogP) is 4.07. The lowest BCUT2D eigenvalue weighted by Gasteiger charge is -2.06. The van der Waals surface area contributed by atoms with Gasteiger partial charge >= 0.3 is 5.97 Å². The Balaban J connectivity index is 2.37. The maximum absolute atomic E-state index is 12.4. The highest BCUT2D eigenvalue weighted by Crippen LogP contribution is 2.33. The first-order valence-electron chi connectivity index (χ1n) is 6.69. The lowest BCUT2D eigenvalue weighted by Crippen LogP contribution is -2.14. The first kappa shape index (κ1) is 18.1. The number of nitro groups is 1. The Labute approximate surface area is 149 Å². The van der Waals surface area contributed by atoms with E-state index in [1.807, 2.05) is 6.92 Å². The molecule has 0 spiro atoms. The van der Waals surface area contributed by atoms with Gasteiger partial charge in [-0.2, -0.15) is 0 Å². The smallest absolute Gasteiger partial charge is 0.341 e. The number of benzene rings is 1. The number of carbonyl (C=O) groups excluding carboxylic acids is 2. The number of carbonyl (C=O) groups is 2. The van der Waals surface area contributed by atoms with Crippen molar-refractivity contribution >= 4 is 49.8 Å². The average molecular weight is 413 g/mol. The van der Waals surface area contributed by atoms with E-state index in [1.165, 1.54) is 36.6 Å². The number of nitrogens with one attached hydrogen (secondary N) is 1. The number of rotatable bonds is 4. The third-order valence-electron chi connectivity index (χ3n) is 3.41. The minimum Gasteiger partial charge on any atom is -0.465 e. The van der Waals surface area contributed by atoms with Crippen molar-refractivity contribution in [3.8, 4) is 0 Å². The maximum Gasteiger partial charge on any atom is 0.341 e. The van der Waals surface area contributed by atoms with Crippen molar-refractivity contribution in [2.24, 2.45) is 0 Å². The first-order chi connectivity index (χ1) is 11.3. The van der Waals surface area contributed by atoms with Gasteiger partial charge in [-0.25, -0.2) is 4.79 Å². The molecular formula is C15H13BrN2O5S. The molecule has 1 amide bonds. The van der Waals surface area contributed by atoms with Crippen LogP contribution in [0.25, 0.3) is 0 Å². The summed E-state index contributed by atoms with van der Waals surface area (Å²) in [6.07, 6.45) is 0. The summed E-state index contributed by atoms with van der Waals surface area (Å²) < 4.78 is 5.03.